The van der Waals surface area contributed by atoms with Crippen molar-refractivity contribution in [3.05, 3.63) is 12.2 Å². The van der Waals surface area contributed by atoms with Gasteiger partial charge in [0.15, 0.2) is 6.10 Å². The van der Waals surface area contributed by atoms with Gasteiger partial charge in [-0.2, -0.15) is 0 Å². The molecule has 0 aromatic rings. The van der Waals surface area contributed by atoms with Crippen LogP contribution in [-0.2, 0) is 9.59 Å². The summed E-state index contributed by atoms with van der Waals surface area (Å²) in [7, 11) is 0. The SMILES string of the molecule is C=C1CC1C(C(=O)O)C(O)C(=O)O. The molecule has 5 nitrogen and oxygen atoms in total. The molecule has 1 aliphatic carbocycles. The Labute approximate surface area is 74.3 Å². The molecular weight excluding hydrogens is 176 g/mol. The molecule has 1 saturated carbocycles. The fourth-order valence-electron chi connectivity index (χ4n) is 1.29. The standard InChI is InChI=1S/C8H10O5/c1-3-2-4(3)5(7(10)11)6(9)8(12)13/h4-6,9H,1-2H2,(H,10,11)(H,12,13). The van der Waals surface area contributed by atoms with E-state index in [1.165, 1.54) is 0 Å². The van der Waals surface area contributed by atoms with Crippen molar-refractivity contribution in [3.8, 4) is 0 Å². The summed E-state index contributed by atoms with van der Waals surface area (Å²) in [5.74, 6) is -4.45. The third-order valence-corrected chi connectivity index (χ3v) is 2.16. The lowest BCUT2D eigenvalue weighted by Gasteiger charge is -2.13. The van der Waals surface area contributed by atoms with Crippen molar-refractivity contribution in [2.24, 2.45) is 11.8 Å². The van der Waals surface area contributed by atoms with Gasteiger partial charge in [0.05, 0.1) is 0 Å². The Morgan fingerprint density at radius 1 is 1.38 bits per heavy atom. The highest BCUT2D eigenvalue weighted by atomic mass is 16.4. The van der Waals surface area contributed by atoms with Crippen LogP contribution in [0.1, 0.15) is 6.42 Å². The molecule has 0 aromatic carbocycles. The molecule has 0 aliphatic heterocycles. The maximum absolute atomic E-state index is 10.6. The number of aliphatic carboxylic acids is 2. The molecule has 72 valence electrons. The van der Waals surface area contributed by atoms with Crippen LogP contribution in [0.5, 0.6) is 0 Å². The Kier molecular flexibility index (Phi) is 2.38. The smallest absolute Gasteiger partial charge is 0.333 e. The summed E-state index contributed by atoms with van der Waals surface area (Å²) < 4.78 is 0. The third-order valence-electron chi connectivity index (χ3n) is 2.16. The molecule has 0 saturated heterocycles. The topological polar surface area (TPSA) is 94.8 Å². The maximum Gasteiger partial charge on any atom is 0.333 e. The minimum atomic E-state index is -1.85. The monoisotopic (exact) mass is 186 g/mol. The molecule has 3 unspecified atom stereocenters. The number of hydrogen-bond donors (Lipinski definition) is 3. The van der Waals surface area contributed by atoms with Crippen LogP contribution in [0.25, 0.3) is 0 Å². The zero-order valence-electron chi connectivity index (χ0n) is 6.80. The zero-order valence-corrected chi connectivity index (χ0v) is 6.80. The molecule has 0 aromatic heterocycles. The second kappa shape index (κ2) is 3.18. The second-order valence-electron chi connectivity index (χ2n) is 3.12. The number of rotatable bonds is 4. The average Bonchev–Trinajstić information content (AvgIpc) is 2.66. The molecule has 5 heteroatoms. The summed E-state index contributed by atoms with van der Waals surface area (Å²) in [6.45, 7) is 3.53. The van der Waals surface area contributed by atoms with Crippen LogP contribution < -0.4 is 0 Å². The normalized spacial score (nSPS) is 25.0. The number of carbonyl (C=O) groups is 2. The Morgan fingerprint density at radius 2 is 1.85 bits per heavy atom. The van der Waals surface area contributed by atoms with Gasteiger partial charge in [0, 0.05) is 0 Å². The van der Waals surface area contributed by atoms with E-state index >= 15 is 0 Å². The lowest BCUT2D eigenvalue weighted by atomic mass is 9.97. The van der Waals surface area contributed by atoms with E-state index in [0.717, 1.165) is 0 Å². The van der Waals surface area contributed by atoms with Crippen LogP contribution in [0.15, 0.2) is 12.2 Å². The van der Waals surface area contributed by atoms with E-state index in [4.69, 9.17) is 15.3 Å². The van der Waals surface area contributed by atoms with E-state index in [-0.39, 0.29) is 5.92 Å². The number of aliphatic hydroxyl groups is 1. The van der Waals surface area contributed by atoms with Gasteiger partial charge in [0.25, 0.3) is 0 Å². The first kappa shape index (κ1) is 9.73. The summed E-state index contributed by atoms with van der Waals surface area (Å²) >= 11 is 0. The summed E-state index contributed by atoms with van der Waals surface area (Å²) in [5.41, 5.74) is 0.688. The van der Waals surface area contributed by atoms with Gasteiger partial charge in [-0.3, -0.25) is 4.79 Å². The van der Waals surface area contributed by atoms with Crippen LogP contribution in [0.4, 0.5) is 0 Å². The van der Waals surface area contributed by atoms with Gasteiger partial charge in [-0.15, -0.1) is 0 Å². The molecule has 1 aliphatic rings. The van der Waals surface area contributed by atoms with Crippen LogP contribution in [-0.4, -0.2) is 33.4 Å². The molecule has 3 atom stereocenters. The van der Waals surface area contributed by atoms with Gasteiger partial charge < -0.3 is 15.3 Å². The zero-order chi connectivity index (χ0) is 10.2. The van der Waals surface area contributed by atoms with Crippen molar-refractivity contribution in [1.29, 1.82) is 0 Å². The van der Waals surface area contributed by atoms with Crippen molar-refractivity contribution in [1.82, 2.24) is 0 Å². The van der Waals surface area contributed by atoms with E-state index in [0.29, 0.717) is 12.0 Å². The Morgan fingerprint density at radius 3 is 2.08 bits per heavy atom. The highest BCUT2D eigenvalue weighted by molar-refractivity contribution is 5.82. The number of hydrogen-bond acceptors (Lipinski definition) is 3. The first-order valence-electron chi connectivity index (χ1n) is 3.76. The fourth-order valence-corrected chi connectivity index (χ4v) is 1.29. The quantitative estimate of drug-likeness (QED) is 0.524. The summed E-state index contributed by atoms with van der Waals surface area (Å²) in [5, 5.41) is 26.1. The number of aliphatic hydroxyl groups excluding tert-OH is 1. The van der Waals surface area contributed by atoms with E-state index < -0.39 is 24.0 Å². The van der Waals surface area contributed by atoms with Crippen molar-refractivity contribution in [2.45, 2.75) is 12.5 Å². The Hall–Kier alpha value is -1.36. The highest BCUT2D eigenvalue weighted by Gasteiger charge is 2.46. The lowest BCUT2D eigenvalue weighted by Crippen LogP contribution is -2.36. The molecule has 0 heterocycles. The predicted molar refractivity (Wildman–Crippen MR) is 42.0 cm³/mol. The fraction of sp³-hybridized carbons (Fsp3) is 0.500. The maximum atomic E-state index is 10.6. The van der Waals surface area contributed by atoms with E-state index in [2.05, 4.69) is 6.58 Å². The van der Waals surface area contributed by atoms with Gasteiger partial charge >= 0.3 is 11.9 Å². The molecule has 1 fully saturated rings. The van der Waals surface area contributed by atoms with E-state index in [9.17, 15) is 9.59 Å². The largest absolute Gasteiger partial charge is 0.481 e. The van der Waals surface area contributed by atoms with Crippen molar-refractivity contribution >= 4 is 11.9 Å². The van der Waals surface area contributed by atoms with Gasteiger partial charge in [-0.05, 0) is 12.3 Å². The van der Waals surface area contributed by atoms with Gasteiger partial charge in [0.1, 0.15) is 5.92 Å². The summed E-state index contributed by atoms with van der Waals surface area (Å²) in [4.78, 5) is 20.9. The van der Waals surface area contributed by atoms with Crippen LogP contribution >= 0.6 is 0 Å². The molecule has 13 heavy (non-hydrogen) atoms. The van der Waals surface area contributed by atoms with Crippen LogP contribution in [0.2, 0.25) is 0 Å². The summed E-state index contributed by atoms with van der Waals surface area (Å²) in [6, 6.07) is 0. The molecular formula is C8H10O5. The minimum Gasteiger partial charge on any atom is -0.481 e. The average molecular weight is 186 g/mol. The van der Waals surface area contributed by atoms with Gasteiger partial charge in [-0.1, -0.05) is 12.2 Å². The Balaban J connectivity index is 2.74. The molecule has 3 N–H and O–H groups in total. The molecule has 1 rings (SSSR count). The number of allylic oxidation sites excluding steroid dienone is 1. The van der Waals surface area contributed by atoms with E-state index in [1.807, 2.05) is 0 Å². The minimum absolute atomic E-state index is 0.386. The Bertz CT molecular complexity index is 270. The summed E-state index contributed by atoms with van der Waals surface area (Å²) in [6.07, 6.45) is -1.36. The molecule has 0 amide bonds. The van der Waals surface area contributed by atoms with Gasteiger partial charge in [-0.25, -0.2) is 4.79 Å². The van der Waals surface area contributed by atoms with Crippen molar-refractivity contribution < 1.29 is 24.9 Å². The molecule has 0 radical (unpaired) electrons. The highest BCUT2D eigenvalue weighted by Crippen LogP contribution is 2.43. The first-order chi connectivity index (χ1) is 5.95. The second-order valence-corrected chi connectivity index (χ2v) is 3.12. The van der Waals surface area contributed by atoms with Crippen LogP contribution in [0.3, 0.4) is 0 Å². The number of carboxylic acids is 2. The van der Waals surface area contributed by atoms with Crippen molar-refractivity contribution in [3.63, 3.8) is 0 Å². The third kappa shape index (κ3) is 1.86. The molecule has 0 spiro atoms. The first-order valence-corrected chi connectivity index (χ1v) is 3.76. The van der Waals surface area contributed by atoms with Crippen molar-refractivity contribution in [2.75, 3.05) is 0 Å². The number of carboxylic acid groups (broad SMARTS) is 2. The lowest BCUT2D eigenvalue weighted by molar-refractivity contribution is -0.160. The van der Waals surface area contributed by atoms with Crippen LogP contribution in [0, 0.1) is 11.8 Å². The van der Waals surface area contributed by atoms with Gasteiger partial charge in [0.2, 0.25) is 0 Å². The predicted octanol–water partition coefficient (Wildman–Crippen LogP) is -0.291. The van der Waals surface area contributed by atoms with E-state index in [1.54, 1.807) is 0 Å². The molecule has 0 bridgehead atoms.